The van der Waals surface area contributed by atoms with Crippen LogP contribution in [0.1, 0.15) is 32.3 Å². The van der Waals surface area contributed by atoms with Crippen LogP contribution in [-0.2, 0) is 6.18 Å². The van der Waals surface area contributed by atoms with Gasteiger partial charge in [0.1, 0.15) is 11.6 Å². The molecule has 0 radical (unpaired) electrons. The Morgan fingerprint density at radius 2 is 1.94 bits per heavy atom. The molecule has 0 amide bonds. The minimum atomic E-state index is -4.42. The van der Waals surface area contributed by atoms with E-state index >= 15 is 0 Å². The summed E-state index contributed by atoms with van der Waals surface area (Å²) in [5.74, 6) is 5.26. The van der Waals surface area contributed by atoms with E-state index in [0.29, 0.717) is 0 Å². The summed E-state index contributed by atoms with van der Waals surface area (Å²) in [6.45, 7) is 3.89. The predicted octanol–water partition coefficient (Wildman–Crippen LogP) is 2.99. The number of hydrogen-bond donors (Lipinski definition) is 3. The zero-order valence-electron chi connectivity index (χ0n) is 10.3. The van der Waals surface area contributed by atoms with Gasteiger partial charge in [-0.05, 0) is 25.5 Å². The largest absolute Gasteiger partial charge is 0.416 e. The Morgan fingerprint density at radius 1 is 1.33 bits per heavy atom. The highest BCUT2D eigenvalue weighted by atomic mass is 19.4. The zero-order valence-corrected chi connectivity index (χ0v) is 10.3. The lowest BCUT2D eigenvalue weighted by atomic mass is 10.2. The van der Waals surface area contributed by atoms with Gasteiger partial charge < -0.3 is 10.7 Å². The van der Waals surface area contributed by atoms with Gasteiger partial charge in [0, 0.05) is 6.04 Å². The molecule has 0 bridgehead atoms. The molecule has 1 aromatic rings. The predicted molar refractivity (Wildman–Crippen MR) is 65.0 cm³/mol. The zero-order chi connectivity index (χ0) is 13.8. The Balaban J connectivity index is 2.97. The lowest BCUT2D eigenvalue weighted by Crippen LogP contribution is -2.18. The monoisotopic (exact) mass is 262 g/mol. The lowest BCUT2D eigenvalue weighted by molar-refractivity contribution is -0.137. The molecule has 0 aromatic carbocycles. The second kappa shape index (κ2) is 5.90. The van der Waals surface area contributed by atoms with Crippen LogP contribution in [0, 0.1) is 0 Å². The van der Waals surface area contributed by atoms with Crippen LogP contribution < -0.4 is 16.6 Å². The average molecular weight is 262 g/mol. The van der Waals surface area contributed by atoms with Crippen molar-refractivity contribution in [1.82, 2.24) is 4.98 Å². The molecule has 0 aliphatic carbocycles. The molecule has 1 heterocycles. The third kappa shape index (κ3) is 4.06. The Bertz CT molecular complexity index is 392. The molecule has 0 aliphatic rings. The first-order valence-electron chi connectivity index (χ1n) is 5.69. The van der Waals surface area contributed by atoms with Gasteiger partial charge in [-0.2, -0.15) is 13.2 Å². The molecular formula is C11H17F3N4. The number of rotatable bonds is 5. The van der Waals surface area contributed by atoms with Crippen molar-refractivity contribution in [1.29, 1.82) is 0 Å². The summed E-state index contributed by atoms with van der Waals surface area (Å²) in [6, 6.07) is 1.90. The molecule has 1 rings (SSSR count). The lowest BCUT2D eigenvalue weighted by Gasteiger charge is -2.16. The van der Waals surface area contributed by atoms with Crippen LogP contribution in [0.25, 0.3) is 0 Å². The van der Waals surface area contributed by atoms with E-state index in [1.165, 1.54) is 0 Å². The van der Waals surface area contributed by atoms with Gasteiger partial charge in [-0.3, -0.25) is 0 Å². The maximum absolute atomic E-state index is 12.6. The number of hydrogen-bond acceptors (Lipinski definition) is 4. The number of anilines is 2. The molecule has 0 spiro atoms. The minimum absolute atomic E-state index is 0.0176. The number of nitrogens with two attached hydrogens (primary N) is 1. The topological polar surface area (TPSA) is 63.0 Å². The minimum Gasteiger partial charge on any atom is -0.368 e. The van der Waals surface area contributed by atoms with Gasteiger partial charge >= 0.3 is 6.18 Å². The molecule has 1 aromatic heterocycles. The number of halogens is 3. The van der Waals surface area contributed by atoms with Crippen molar-refractivity contribution in [3.63, 3.8) is 0 Å². The van der Waals surface area contributed by atoms with Crippen molar-refractivity contribution >= 4 is 11.6 Å². The second-order valence-corrected chi connectivity index (χ2v) is 4.10. The summed E-state index contributed by atoms with van der Waals surface area (Å²) in [6.07, 6.45) is -2.63. The summed E-state index contributed by atoms with van der Waals surface area (Å²) >= 11 is 0. The first-order valence-corrected chi connectivity index (χ1v) is 5.69. The maximum Gasteiger partial charge on any atom is 0.416 e. The summed E-state index contributed by atoms with van der Waals surface area (Å²) in [4.78, 5) is 3.94. The third-order valence-corrected chi connectivity index (χ3v) is 2.42. The van der Waals surface area contributed by atoms with E-state index in [1.54, 1.807) is 0 Å². The van der Waals surface area contributed by atoms with Gasteiger partial charge in [0.15, 0.2) is 0 Å². The highest BCUT2D eigenvalue weighted by Crippen LogP contribution is 2.32. The molecule has 102 valence electrons. The summed E-state index contributed by atoms with van der Waals surface area (Å²) in [5.41, 5.74) is 1.35. The van der Waals surface area contributed by atoms with Crippen molar-refractivity contribution in [2.45, 2.75) is 38.9 Å². The van der Waals surface area contributed by atoms with Crippen LogP contribution in [0.2, 0.25) is 0 Å². The summed E-state index contributed by atoms with van der Waals surface area (Å²) < 4.78 is 37.9. The van der Waals surface area contributed by atoms with Crippen LogP contribution >= 0.6 is 0 Å². The van der Waals surface area contributed by atoms with E-state index in [0.717, 1.165) is 25.0 Å². The van der Waals surface area contributed by atoms with Gasteiger partial charge in [-0.1, -0.05) is 13.3 Å². The fourth-order valence-electron chi connectivity index (χ4n) is 1.60. The van der Waals surface area contributed by atoms with Gasteiger partial charge in [0.25, 0.3) is 0 Å². The standard InChI is InChI=1S/C11H17F3N4/c1-3-4-7(2)16-9-5-8(11(12,13)14)6-10(17-9)18-15/h5-7H,3-4,15H2,1-2H3,(H2,16,17,18). The molecule has 4 N–H and O–H groups in total. The average Bonchev–Trinajstić information content (AvgIpc) is 2.27. The Morgan fingerprint density at radius 3 is 2.44 bits per heavy atom. The van der Waals surface area contributed by atoms with Crippen LogP contribution in [0.5, 0.6) is 0 Å². The molecule has 0 aliphatic heterocycles. The SMILES string of the molecule is CCCC(C)Nc1cc(C(F)(F)F)cc(NN)n1. The molecule has 0 fully saturated rings. The van der Waals surface area contributed by atoms with Crippen molar-refractivity contribution in [2.24, 2.45) is 5.84 Å². The molecule has 0 saturated heterocycles. The quantitative estimate of drug-likeness (QED) is 0.564. The van der Waals surface area contributed by atoms with Crippen LogP contribution in [0.3, 0.4) is 0 Å². The molecule has 1 atom stereocenters. The van der Waals surface area contributed by atoms with E-state index in [9.17, 15) is 13.2 Å². The van der Waals surface area contributed by atoms with Crippen LogP contribution in [0.4, 0.5) is 24.8 Å². The van der Waals surface area contributed by atoms with Crippen molar-refractivity contribution in [2.75, 3.05) is 10.7 Å². The number of hydrazine groups is 1. The Hall–Kier alpha value is -1.50. The first kappa shape index (κ1) is 14.6. The number of aromatic nitrogens is 1. The van der Waals surface area contributed by atoms with E-state index in [1.807, 2.05) is 13.8 Å². The number of nitrogens with zero attached hydrogens (tertiary/aromatic N) is 1. The Kier molecular flexibility index (Phi) is 4.77. The van der Waals surface area contributed by atoms with Gasteiger partial charge in [0.05, 0.1) is 5.56 Å². The van der Waals surface area contributed by atoms with Gasteiger partial charge in [-0.25, -0.2) is 10.8 Å². The highest BCUT2D eigenvalue weighted by Gasteiger charge is 2.31. The van der Waals surface area contributed by atoms with E-state index in [2.05, 4.69) is 15.7 Å². The smallest absolute Gasteiger partial charge is 0.368 e. The number of pyridine rings is 1. The highest BCUT2D eigenvalue weighted by molar-refractivity contribution is 5.49. The molecule has 4 nitrogen and oxygen atoms in total. The molecular weight excluding hydrogens is 245 g/mol. The normalized spacial score (nSPS) is 13.2. The van der Waals surface area contributed by atoms with Crippen molar-refractivity contribution < 1.29 is 13.2 Å². The Labute approximate surface area is 104 Å². The number of alkyl halides is 3. The summed E-state index contributed by atoms with van der Waals surface area (Å²) in [5, 5.41) is 2.92. The molecule has 1 unspecified atom stereocenters. The molecule has 18 heavy (non-hydrogen) atoms. The second-order valence-electron chi connectivity index (χ2n) is 4.10. The van der Waals surface area contributed by atoms with Crippen molar-refractivity contribution in [3.05, 3.63) is 17.7 Å². The van der Waals surface area contributed by atoms with Gasteiger partial charge in [-0.15, -0.1) is 0 Å². The van der Waals surface area contributed by atoms with Gasteiger partial charge in [0.2, 0.25) is 0 Å². The van der Waals surface area contributed by atoms with E-state index < -0.39 is 11.7 Å². The van der Waals surface area contributed by atoms with E-state index in [-0.39, 0.29) is 17.7 Å². The number of nitrogens with one attached hydrogen (secondary N) is 2. The number of nitrogen functional groups attached to an aromatic ring is 1. The fraction of sp³-hybridized carbons (Fsp3) is 0.545. The fourth-order valence-corrected chi connectivity index (χ4v) is 1.60. The van der Waals surface area contributed by atoms with Crippen LogP contribution in [-0.4, -0.2) is 11.0 Å². The van der Waals surface area contributed by atoms with Crippen molar-refractivity contribution in [3.8, 4) is 0 Å². The first-order chi connectivity index (χ1) is 8.36. The third-order valence-electron chi connectivity index (χ3n) is 2.42. The molecule has 0 saturated carbocycles. The van der Waals surface area contributed by atoms with Crippen LogP contribution in [0.15, 0.2) is 12.1 Å². The molecule has 7 heteroatoms. The van der Waals surface area contributed by atoms with E-state index in [4.69, 9.17) is 5.84 Å². The summed E-state index contributed by atoms with van der Waals surface area (Å²) in [7, 11) is 0. The maximum atomic E-state index is 12.6.